The number of anilines is 1. The topological polar surface area (TPSA) is 77.9 Å². The lowest BCUT2D eigenvalue weighted by atomic mass is 9.96. The van der Waals surface area contributed by atoms with E-state index in [-0.39, 0.29) is 18.2 Å². The molecule has 1 aliphatic heterocycles. The van der Waals surface area contributed by atoms with Crippen LogP contribution in [0.4, 0.5) is 5.69 Å². The van der Waals surface area contributed by atoms with Crippen molar-refractivity contribution in [1.29, 1.82) is 0 Å². The normalized spacial score (nSPS) is 18.2. The second-order valence-corrected chi connectivity index (χ2v) is 11.8. The molecule has 6 nitrogen and oxygen atoms in total. The molecule has 0 aromatic heterocycles. The SMILES string of the molecule is O=C(O)CCCCN1C(=O)[C@H](c2ccc(Cl)cc2)N(C2(c3ccc(Cl)cc3)CC2)C(=O)c2cc(I)ccc21. The van der Waals surface area contributed by atoms with Crippen molar-refractivity contribution in [1.82, 2.24) is 4.90 Å². The summed E-state index contributed by atoms with van der Waals surface area (Å²) in [6, 6.07) is 19.2. The van der Waals surface area contributed by atoms with Crippen molar-refractivity contribution < 1.29 is 19.5 Å². The zero-order valence-electron chi connectivity index (χ0n) is 20.4. The van der Waals surface area contributed by atoms with Gasteiger partial charge < -0.3 is 14.9 Å². The lowest BCUT2D eigenvalue weighted by molar-refractivity contribution is -0.137. The van der Waals surface area contributed by atoms with Gasteiger partial charge in [-0.25, -0.2) is 0 Å². The van der Waals surface area contributed by atoms with Crippen LogP contribution < -0.4 is 4.90 Å². The summed E-state index contributed by atoms with van der Waals surface area (Å²) in [6.07, 6.45) is 2.38. The molecule has 5 rings (SSSR count). The Hall–Kier alpha value is -2.62. The first-order chi connectivity index (χ1) is 18.2. The molecule has 1 atom stereocenters. The summed E-state index contributed by atoms with van der Waals surface area (Å²) in [6.45, 7) is 0.304. The summed E-state index contributed by atoms with van der Waals surface area (Å²) in [5.74, 6) is -1.32. The van der Waals surface area contributed by atoms with Crippen LogP contribution in [0, 0.1) is 3.57 Å². The van der Waals surface area contributed by atoms with Crippen LogP contribution in [0.1, 0.15) is 59.6 Å². The summed E-state index contributed by atoms with van der Waals surface area (Å²) in [7, 11) is 0. The average Bonchev–Trinajstić information content (AvgIpc) is 3.70. The molecular weight excluding hydrogens is 638 g/mol. The van der Waals surface area contributed by atoms with E-state index >= 15 is 0 Å². The highest BCUT2D eigenvalue weighted by atomic mass is 127. The molecule has 0 saturated heterocycles. The largest absolute Gasteiger partial charge is 0.481 e. The number of aliphatic carboxylic acids is 1. The smallest absolute Gasteiger partial charge is 0.303 e. The molecule has 0 radical (unpaired) electrons. The number of carbonyl (C=O) groups is 3. The van der Waals surface area contributed by atoms with Gasteiger partial charge in [0, 0.05) is 26.6 Å². The summed E-state index contributed by atoms with van der Waals surface area (Å²) >= 11 is 14.5. The Labute approximate surface area is 244 Å². The molecule has 1 N–H and O–H groups in total. The number of benzene rings is 3. The van der Waals surface area contributed by atoms with E-state index in [1.165, 1.54) is 0 Å². The van der Waals surface area contributed by atoms with E-state index in [4.69, 9.17) is 28.3 Å². The molecule has 0 unspecified atom stereocenters. The minimum Gasteiger partial charge on any atom is -0.481 e. The van der Waals surface area contributed by atoms with Gasteiger partial charge in [0.15, 0.2) is 0 Å². The van der Waals surface area contributed by atoms with Gasteiger partial charge in [-0.3, -0.25) is 14.4 Å². The second-order valence-electron chi connectivity index (χ2n) is 9.67. The van der Waals surface area contributed by atoms with Gasteiger partial charge in [0.2, 0.25) is 0 Å². The third-order valence-electron chi connectivity index (χ3n) is 7.23. The van der Waals surface area contributed by atoms with Crippen molar-refractivity contribution in [3.63, 3.8) is 0 Å². The zero-order chi connectivity index (χ0) is 27.0. The molecule has 1 fully saturated rings. The number of fused-ring (bicyclic) bond motifs is 1. The van der Waals surface area contributed by atoms with E-state index in [0.29, 0.717) is 46.2 Å². The second kappa shape index (κ2) is 10.9. The zero-order valence-corrected chi connectivity index (χ0v) is 24.0. The molecule has 0 spiro atoms. The Morgan fingerprint density at radius 1 is 0.947 bits per heavy atom. The van der Waals surface area contributed by atoms with Crippen LogP contribution in [0.5, 0.6) is 0 Å². The van der Waals surface area contributed by atoms with Crippen molar-refractivity contribution in [3.8, 4) is 0 Å². The number of carbonyl (C=O) groups excluding carboxylic acids is 2. The van der Waals surface area contributed by atoms with E-state index in [1.54, 1.807) is 34.1 Å². The fourth-order valence-electron chi connectivity index (χ4n) is 5.24. The monoisotopic (exact) mass is 662 g/mol. The number of rotatable bonds is 8. The molecule has 3 aromatic carbocycles. The van der Waals surface area contributed by atoms with E-state index in [1.807, 2.05) is 42.5 Å². The summed E-state index contributed by atoms with van der Waals surface area (Å²) in [4.78, 5) is 43.5. The molecule has 196 valence electrons. The molecule has 1 aliphatic carbocycles. The quantitative estimate of drug-likeness (QED) is 0.207. The number of amides is 2. The molecule has 38 heavy (non-hydrogen) atoms. The van der Waals surface area contributed by atoms with Crippen molar-refractivity contribution in [2.24, 2.45) is 0 Å². The van der Waals surface area contributed by atoms with Crippen LogP contribution in [0.15, 0.2) is 66.7 Å². The highest BCUT2D eigenvalue weighted by Crippen LogP contribution is 2.56. The van der Waals surface area contributed by atoms with Crippen LogP contribution in [-0.4, -0.2) is 34.3 Å². The van der Waals surface area contributed by atoms with Gasteiger partial charge in [-0.15, -0.1) is 0 Å². The third-order valence-corrected chi connectivity index (χ3v) is 8.41. The van der Waals surface area contributed by atoms with Gasteiger partial charge in [-0.1, -0.05) is 47.5 Å². The van der Waals surface area contributed by atoms with Crippen molar-refractivity contribution in [3.05, 3.63) is 97.0 Å². The number of carboxylic acids is 1. The third kappa shape index (κ3) is 5.16. The minimum atomic E-state index is -0.887. The number of hydrogen-bond acceptors (Lipinski definition) is 3. The number of unbranched alkanes of at least 4 members (excludes halogenated alkanes) is 1. The van der Waals surface area contributed by atoms with E-state index in [2.05, 4.69) is 22.6 Å². The first-order valence-corrected chi connectivity index (χ1v) is 14.2. The van der Waals surface area contributed by atoms with E-state index in [0.717, 1.165) is 22.0 Å². The molecule has 2 amide bonds. The first kappa shape index (κ1) is 27.0. The standard InChI is InChI=1S/C29H25Cl2IN2O4/c30-20-8-4-18(5-9-20)26-28(38)33(16-2-1-3-25(35)36)24-13-12-22(32)17-23(24)27(37)34(26)29(14-15-29)19-6-10-21(31)11-7-19/h4-13,17,26H,1-3,14-16H2,(H,35,36)/t26-/m0/s1. The maximum absolute atomic E-state index is 14.5. The maximum atomic E-state index is 14.5. The van der Waals surface area contributed by atoms with Gasteiger partial charge >= 0.3 is 5.97 Å². The summed E-state index contributed by atoms with van der Waals surface area (Å²) in [5.41, 5.74) is 1.96. The Kier molecular flexibility index (Phi) is 7.71. The lowest BCUT2D eigenvalue weighted by Crippen LogP contribution is -2.47. The highest BCUT2D eigenvalue weighted by Gasteiger charge is 2.57. The number of hydrogen-bond donors (Lipinski definition) is 1. The Morgan fingerprint density at radius 2 is 1.58 bits per heavy atom. The van der Waals surface area contributed by atoms with Crippen molar-refractivity contribution in [2.75, 3.05) is 11.4 Å². The van der Waals surface area contributed by atoms with Gasteiger partial charge in [-0.2, -0.15) is 0 Å². The lowest BCUT2D eigenvalue weighted by Gasteiger charge is -2.38. The van der Waals surface area contributed by atoms with Crippen molar-refractivity contribution >= 4 is 69.3 Å². The molecule has 1 saturated carbocycles. The summed E-state index contributed by atoms with van der Waals surface area (Å²) in [5, 5.41) is 10.2. The van der Waals surface area contributed by atoms with Gasteiger partial charge in [0.05, 0.1) is 16.8 Å². The molecule has 9 heteroatoms. The van der Waals surface area contributed by atoms with E-state index < -0.39 is 17.6 Å². The first-order valence-electron chi connectivity index (χ1n) is 12.4. The Morgan fingerprint density at radius 3 is 2.18 bits per heavy atom. The van der Waals surface area contributed by atoms with Crippen molar-refractivity contribution in [2.45, 2.75) is 43.7 Å². The fraction of sp³-hybridized carbons (Fsp3) is 0.276. The number of halogens is 3. The molecular formula is C29H25Cl2IN2O4. The molecule has 1 heterocycles. The molecule has 0 bridgehead atoms. The minimum absolute atomic E-state index is 0.0208. The summed E-state index contributed by atoms with van der Waals surface area (Å²) < 4.78 is 0.884. The van der Waals surface area contributed by atoms with Crippen LogP contribution in [0.25, 0.3) is 0 Å². The predicted octanol–water partition coefficient (Wildman–Crippen LogP) is 7.07. The van der Waals surface area contributed by atoms with E-state index in [9.17, 15) is 14.4 Å². The number of nitrogens with zero attached hydrogens (tertiary/aromatic N) is 2. The molecule has 3 aromatic rings. The molecule has 2 aliphatic rings. The van der Waals surface area contributed by atoms with Crippen LogP contribution in [0.2, 0.25) is 10.0 Å². The Bertz CT molecular complexity index is 1390. The Balaban J connectivity index is 1.66. The number of carboxylic acid groups (broad SMARTS) is 1. The maximum Gasteiger partial charge on any atom is 0.303 e. The highest BCUT2D eigenvalue weighted by molar-refractivity contribution is 14.1. The van der Waals surface area contributed by atoms with Crippen LogP contribution >= 0.6 is 45.8 Å². The van der Waals surface area contributed by atoms with Crippen LogP contribution in [-0.2, 0) is 15.1 Å². The average molecular weight is 663 g/mol. The van der Waals surface area contributed by atoms with Gasteiger partial charge in [-0.05, 0) is 102 Å². The van der Waals surface area contributed by atoms with Crippen LogP contribution in [0.3, 0.4) is 0 Å². The van der Waals surface area contributed by atoms with Gasteiger partial charge in [0.1, 0.15) is 6.04 Å². The fourth-order valence-corrected chi connectivity index (χ4v) is 5.98. The predicted molar refractivity (Wildman–Crippen MR) is 156 cm³/mol. The van der Waals surface area contributed by atoms with Gasteiger partial charge in [0.25, 0.3) is 11.8 Å².